The van der Waals surface area contributed by atoms with Gasteiger partial charge in [-0.25, -0.2) is 18.3 Å². The number of phosphoric ester groups is 1. The summed E-state index contributed by atoms with van der Waals surface area (Å²) in [6.45, 7) is -0.982. The molecule has 1 unspecified atom stereocenters. The van der Waals surface area contributed by atoms with Crippen molar-refractivity contribution in [2.45, 2.75) is 24.6 Å². The number of phosphoric acid groups is 2. The summed E-state index contributed by atoms with van der Waals surface area (Å²) < 4.78 is 49.4. The molecule has 0 amide bonds. The van der Waals surface area contributed by atoms with Gasteiger partial charge in [0.05, 0.1) is 6.61 Å². The van der Waals surface area contributed by atoms with Gasteiger partial charge in [0, 0.05) is 12.3 Å². The van der Waals surface area contributed by atoms with Crippen LogP contribution >= 0.6 is 15.6 Å². The maximum Gasteiger partial charge on any atom is 0.481 e. The molecule has 2 heterocycles. The topological polar surface area (TPSA) is 198 Å². The van der Waals surface area contributed by atoms with Crippen LogP contribution in [0.4, 0.5) is 4.39 Å². The fraction of sp³-hybridized carbons (Fsp3) is 0.556. The molecule has 1 aliphatic rings. The van der Waals surface area contributed by atoms with Gasteiger partial charge in [0.25, 0.3) is 5.56 Å². The number of halogens is 1. The van der Waals surface area contributed by atoms with Crippen LogP contribution in [-0.2, 0) is 22.7 Å². The Labute approximate surface area is 137 Å². The van der Waals surface area contributed by atoms with Crippen molar-refractivity contribution in [1.29, 1.82) is 0 Å². The van der Waals surface area contributed by atoms with Gasteiger partial charge in [-0.15, -0.1) is 0 Å². The molecule has 1 saturated heterocycles. The lowest BCUT2D eigenvalue weighted by Gasteiger charge is -2.17. The predicted molar refractivity (Wildman–Crippen MR) is 75.0 cm³/mol. The van der Waals surface area contributed by atoms with Crippen LogP contribution in [0.2, 0.25) is 0 Å². The Balaban J connectivity index is 2.09. The highest BCUT2D eigenvalue weighted by molar-refractivity contribution is 7.60. The predicted octanol–water partition coefficient (Wildman–Crippen LogP) is -1.64. The molecule has 0 aliphatic carbocycles. The van der Waals surface area contributed by atoms with Crippen molar-refractivity contribution in [3.63, 3.8) is 0 Å². The Kier molecular flexibility index (Phi) is 5.78. The van der Waals surface area contributed by atoms with Crippen molar-refractivity contribution in [1.82, 2.24) is 9.55 Å². The maximum absolute atomic E-state index is 14.1. The van der Waals surface area contributed by atoms with E-state index in [0.717, 1.165) is 12.3 Å². The average Bonchev–Trinajstić information content (AvgIpc) is 2.71. The van der Waals surface area contributed by atoms with E-state index in [-0.39, 0.29) is 0 Å². The third-order valence-electron chi connectivity index (χ3n) is 3.03. The van der Waals surface area contributed by atoms with E-state index in [1.165, 1.54) is 0 Å². The molecule has 5 atom stereocenters. The van der Waals surface area contributed by atoms with Gasteiger partial charge < -0.3 is 24.5 Å². The Morgan fingerprint density at radius 2 is 1.96 bits per heavy atom. The Hall–Kier alpha value is -1.21. The normalized spacial score (nSPS) is 29.5. The van der Waals surface area contributed by atoms with Crippen LogP contribution in [-0.4, -0.2) is 54.3 Å². The first kappa shape index (κ1) is 20.1. The number of aliphatic hydroxyl groups excluding tert-OH is 1. The number of nitrogens with one attached hydrogen (secondary N) is 1. The molecular formula is C9H13FN2O11P2. The van der Waals surface area contributed by atoms with Crippen molar-refractivity contribution in [3.05, 3.63) is 33.1 Å². The lowest BCUT2D eigenvalue weighted by atomic mass is 10.1. The second-order valence-corrected chi connectivity index (χ2v) is 7.68. The van der Waals surface area contributed by atoms with Crippen molar-refractivity contribution >= 4 is 15.6 Å². The fourth-order valence-electron chi connectivity index (χ4n) is 2.02. The monoisotopic (exact) mass is 406 g/mol. The minimum Gasteiger partial charge on any atom is -0.387 e. The zero-order valence-corrected chi connectivity index (χ0v) is 13.8. The SMILES string of the molecule is O=c1ccn([C@@H]2O[C@H](COP(=O)(O)OP(=O)(O)O)[C@@H](O)[C@H]2F)c(=O)[nH]1. The molecule has 1 aromatic heterocycles. The van der Waals surface area contributed by atoms with E-state index in [1.807, 2.05) is 4.98 Å². The number of ether oxygens (including phenoxy) is 1. The highest BCUT2D eigenvalue weighted by Gasteiger charge is 2.47. The number of alkyl halides is 1. The van der Waals surface area contributed by atoms with E-state index >= 15 is 0 Å². The number of nitrogens with zero attached hydrogens (tertiary/aromatic N) is 1. The van der Waals surface area contributed by atoms with Crippen LogP contribution in [0.25, 0.3) is 0 Å². The second kappa shape index (κ2) is 7.19. The van der Waals surface area contributed by atoms with Crippen LogP contribution in [0, 0.1) is 0 Å². The molecule has 13 nitrogen and oxygen atoms in total. The summed E-state index contributed by atoms with van der Waals surface area (Å²) in [6.07, 6.45) is -6.40. The van der Waals surface area contributed by atoms with E-state index < -0.39 is 58.1 Å². The molecule has 0 radical (unpaired) electrons. The van der Waals surface area contributed by atoms with Crippen molar-refractivity contribution in [2.75, 3.05) is 6.61 Å². The van der Waals surface area contributed by atoms with Crippen molar-refractivity contribution < 1.29 is 46.9 Å². The van der Waals surface area contributed by atoms with Gasteiger partial charge in [-0.3, -0.25) is 18.9 Å². The number of aromatic amines is 1. The standard InChI is InChI=1S/C9H13FN2O11P2/c10-6-7(14)4(3-21-25(19,20)23-24(16,17)18)22-8(6)12-2-1-5(13)11-9(12)15/h1-2,4,6-8,14H,3H2,(H,19,20)(H,11,13,15)(H2,16,17,18)/t4-,6-,7-,8-/m1/s1. The number of hydrogen-bond acceptors (Lipinski definition) is 8. The number of aromatic nitrogens is 2. The minimum absolute atomic E-state index is 0.639. The van der Waals surface area contributed by atoms with E-state index in [4.69, 9.17) is 19.4 Å². The van der Waals surface area contributed by atoms with Crippen LogP contribution in [0.5, 0.6) is 0 Å². The fourth-order valence-corrected chi connectivity index (χ4v) is 3.62. The molecule has 0 spiro atoms. The van der Waals surface area contributed by atoms with E-state index in [2.05, 4.69) is 8.83 Å². The largest absolute Gasteiger partial charge is 0.481 e. The molecule has 1 aromatic rings. The number of aliphatic hydroxyl groups is 1. The molecule has 16 heteroatoms. The quantitative estimate of drug-likeness (QED) is 0.340. The zero-order valence-electron chi connectivity index (χ0n) is 12.0. The average molecular weight is 406 g/mol. The molecule has 2 rings (SSSR count). The van der Waals surface area contributed by atoms with Gasteiger partial charge in [0.2, 0.25) is 0 Å². The van der Waals surface area contributed by atoms with Gasteiger partial charge in [0.1, 0.15) is 12.2 Å². The van der Waals surface area contributed by atoms with E-state index in [9.17, 15) is 28.2 Å². The molecule has 0 bridgehead atoms. The highest BCUT2D eigenvalue weighted by Crippen LogP contribution is 2.57. The van der Waals surface area contributed by atoms with Gasteiger partial charge >= 0.3 is 21.3 Å². The molecule has 1 fully saturated rings. The van der Waals surface area contributed by atoms with Crippen LogP contribution in [0.1, 0.15) is 6.23 Å². The maximum atomic E-state index is 14.1. The number of rotatable bonds is 6. The zero-order chi connectivity index (χ0) is 19.0. The van der Waals surface area contributed by atoms with Crippen LogP contribution in [0.15, 0.2) is 21.9 Å². The molecular weight excluding hydrogens is 393 g/mol. The summed E-state index contributed by atoms with van der Waals surface area (Å²) in [5.41, 5.74) is -1.77. The smallest absolute Gasteiger partial charge is 0.387 e. The first-order chi connectivity index (χ1) is 11.4. The molecule has 5 N–H and O–H groups in total. The third-order valence-corrected chi connectivity index (χ3v) is 5.18. The van der Waals surface area contributed by atoms with E-state index in [1.54, 1.807) is 0 Å². The number of hydrogen-bond donors (Lipinski definition) is 5. The van der Waals surface area contributed by atoms with Gasteiger partial charge in [-0.2, -0.15) is 4.31 Å². The van der Waals surface area contributed by atoms with Gasteiger partial charge in [0.15, 0.2) is 12.4 Å². The summed E-state index contributed by atoms with van der Waals surface area (Å²) in [6, 6.07) is 0.906. The summed E-state index contributed by atoms with van der Waals surface area (Å²) in [4.78, 5) is 50.5. The van der Waals surface area contributed by atoms with Gasteiger partial charge in [-0.1, -0.05) is 0 Å². The van der Waals surface area contributed by atoms with Crippen LogP contribution < -0.4 is 11.2 Å². The molecule has 25 heavy (non-hydrogen) atoms. The minimum atomic E-state index is -5.34. The summed E-state index contributed by atoms with van der Waals surface area (Å²) in [5, 5.41) is 9.73. The third kappa shape index (κ3) is 5.14. The summed E-state index contributed by atoms with van der Waals surface area (Å²) in [5.74, 6) is 0. The molecule has 0 aromatic carbocycles. The first-order valence-corrected chi connectivity index (χ1v) is 9.45. The molecule has 0 saturated carbocycles. The highest BCUT2D eigenvalue weighted by atomic mass is 31.3. The lowest BCUT2D eigenvalue weighted by Crippen LogP contribution is -2.35. The van der Waals surface area contributed by atoms with Gasteiger partial charge in [-0.05, 0) is 0 Å². The van der Waals surface area contributed by atoms with E-state index in [0.29, 0.717) is 4.57 Å². The van der Waals surface area contributed by atoms with Crippen molar-refractivity contribution in [3.8, 4) is 0 Å². The Bertz CT molecular complexity index is 833. The second-order valence-electron chi connectivity index (χ2n) is 4.85. The Morgan fingerprint density at radius 1 is 1.32 bits per heavy atom. The van der Waals surface area contributed by atoms with Crippen molar-refractivity contribution in [2.24, 2.45) is 0 Å². The Morgan fingerprint density at radius 3 is 2.52 bits per heavy atom. The number of H-pyrrole nitrogens is 1. The first-order valence-electron chi connectivity index (χ1n) is 6.43. The summed E-state index contributed by atoms with van der Waals surface area (Å²) in [7, 11) is -10.6. The molecule has 1 aliphatic heterocycles. The van der Waals surface area contributed by atoms with Crippen LogP contribution in [0.3, 0.4) is 0 Å². The molecule has 142 valence electrons. The lowest BCUT2D eigenvalue weighted by molar-refractivity contribution is -0.0482. The summed E-state index contributed by atoms with van der Waals surface area (Å²) >= 11 is 0.